The molecule has 0 aromatic rings. The van der Waals surface area contributed by atoms with Crippen LogP contribution < -0.4 is 5.32 Å². The summed E-state index contributed by atoms with van der Waals surface area (Å²) in [6.07, 6.45) is 2.71. The van der Waals surface area contributed by atoms with E-state index in [0.717, 1.165) is 0 Å². The zero-order chi connectivity index (χ0) is 3.54. The van der Waals surface area contributed by atoms with E-state index in [-0.39, 0.29) is 0 Å². The number of rotatable bonds is 0. The fourth-order valence-corrected chi connectivity index (χ4v) is 0.589. The van der Waals surface area contributed by atoms with Crippen molar-refractivity contribution in [3.05, 3.63) is 6.54 Å². The van der Waals surface area contributed by atoms with Gasteiger partial charge in [0.25, 0.3) is 0 Å². The van der Waals surface area contributed by atoms with Gasteiger partial charge < -0.3 is 5.32 Å². The molecule has 0 unspecified atom stereocenters. The molecule has 5 heavy (non-hydrogen) atoms. The van der Waals surface area contributed by atoms with Gasteiger partial charge in [-0.15, -0.1) is 13.0 Å². The summed E-state index contributed by atoms with van der Waals surface area (Å²) in [4.78, 5) is 0. The maximum atomic E-state index is 2.24. The van der Waals surface area contributed by atoms with Gasteiger partial charge in [-0.1, -0.05) is 0 Å². The predicted molar refractivity (Wildman–Crippen MR) is 20.3 cm³/mol. The minimum absolute atomic E-state index is 1.32. The summed E-state index contributed by atoms with van der Waals surface area (Å²) in [6, 6.07) is 0. The molecule has 1 nitrogen and oxygen atoms in total. The second-order valence-corrected chi connectivity index (χ2v) is 1.40. The summed E-state index contributed by atoms with van der Waals surface area (Å²) in [5.41, 5.74) is 0. The molecule has 0 saturated carbocycles. The van der Waals surface area contributed by atoms with E-state index >= 15 is 0 Å². The standard InChI is InChI=1S/C4H9N/c1-2-4-5-3-1/h3H,1-2,4-5H2. The molecule has 2 N–H and O–H groups in total. The molecule has 0 aliphatic carbocycles. The molecule has 1 rings (SSSR count). The van der Waals surface area contributed by atoms with E-state index in [4.69, 9.17) is 0 Å². The number of quaternary nitrogens is 1. The lowest BCUT2D eigenvalue weighted by Gasteiger charge is -1.87. The molecule has 30 valence electrons. The van der Waals surface area contributed by atoms with Gasteiger partial charge in [-0.25, -0.2) is 0 Å². The lowest BCUT2D eigenvalue weighted by atomic mass is 10.4. The van der Waals surface area contributed by atoms with Crippen LogP contribution in [0.15, 0.2) is 0 Å². The third-order valence-corrected chi connectivity index (χ3v) is 0.908. The normalized spacial score (nSPS) is 24.0. The van der Waals surface area contributed by atoms with E-state index in [1.165, 1.54) is 19.4 Å². The van der Waals surface area contributed by atoms with Gasteiger partial charge in [0, 0.05) is 6.54 Å². The maximum absolute atomic E-state index is 2.24. The average molecular weight is 71.1 g/mol. The molecule has 0 bridgehead atoms. The molecule has 1 saturated heterocycles. The van der Waals surface area contributed by atoms with Crippen molar-refractivity contribution in [3.8, 4) is 0 Å². The molecule has 0 spiro atoms. The van der Waals surface area contributed by atoms with Crippen molar-refractivity contribution in [1.29, 1.82) is 0 Å². The Morgan fingerprint density at radius 1 is 1.60 bits per heavy atom. The van der Waals surface area contributed by atoms with Crippen molar-refractivity contribution in [2.75, 3.05) is 6.54 Å². The summed E-state index contributed by atoms with van der Waals surface area (Å²) in [5, 5.41) is 2.24. The Morgan fingerprint density at radius 2 is 2.60 bits per heavy atom. The first-order chi connectivity index (χ1) is 2.50. The van der Waals surface area contributed by atoms with Gasteiger partial charge in [-0.2, -0.15) is 0 Å². The Labute approximate surface area is 32.4 Å². The van der Waals surface area contributed by atoms with Gasteiger partial charge in [-0.05, 0) is 6.42 Å². The Hall–Kier alpha value is -0.0400. The van der Waals surface area contributed by atoms with E-state index in [0.29, 0.717) is 0 Å². The highest BCUT2D eigenvalue weighted by Gasteiger charge is 1.87. The van der Waals surface area contributed by atoms with Crippen molar-refractivity contribution < 1.29 is 5.32 Å². The van der Waals surface area contributed by atoms with Crippen LogP contribution in [0.25, 0.3) is 0 Å². The zero-order valence-corrected chi connectivity index (χ0v) is 3.28. The van der Waals surface area contributed by atoms with Crippen LogP contribution in [0.5, 0.6) is 0 Å². The first-order valence-electron chi connectivity index (χ1n) is 2.15. The van der Waals surface area contributed by atoms with Gasteiger partial charge in [0.05, 0.1) is 0 Å². The van der Waals surface area contributed by atoms with E-state index in [1.54, 1.807) is 0 Å². The second kappa shape index (κ2) is 1.41. The lowest BCUT2D eigenvalue weighted by molar-refractivity contribution is -0.599. The van der Waals surface area contributed by atoms with Crippen LogP contribution >= 0.6 is 0 Å². The van der Waals surface area contributed by atoms with Crippen molar-refractivity contribution in [1.82, 2.24) is 0 Å². The number of nitrogens with two attached hydrogens (primary N) is 1. The third kappa shape index (κ3) is 0.618. The van der Waals surface area contributed by atoms with Crippen molar-refractivity contribution in [2.45, 2.75) is 12.8 Å². The summed E-state index contributed by atoms with van der Waals surface area (Å²) in [6.45, 7) is 3.56. The summed E-state index contributed by atoms with van der Waals surface area (Å²) in [5.74, 6) is 0. The maximum Gasteiger partial charge on any atom is 0.0494 e. The Balaban J connectivity index is 2.08. The summed E-state index contributed by atoms with van der Waals surface area (Å²) >= 11 is 0. The molecule has 0 atom stereocenters. The molecular formula is C4H9N. The van der Waals surface area contributed by atoms with Crippen LogP contribution in [0.4, 0.5) is 0 Å². The van der Waals surface area contributed by atoms with E-state index in [9.17, 15) is 0 Å². The van der Waals surface area contributed by atoms with Gasteiger partial charge in [0.15, 0.2) is 0 Å². The largest absolute Gasteiger partial charge is 0.477 e. The highest BCUT2D eigenvalue weighted by atomic mass is 14.9. The molecule has 1 heterocycles. The Morgan fingerprint density at radius 3 is 2.80 bits per heavy atom. The third-order valence-electron chi connectivity index (χ3n) is 0.908. The molecule has 1 heteroatoms. The molecule has 1 aliphatic heterocycles. The molecule has 0 aromatic carbocycles. The van der Waals surface area contributed by atoms with Gasteiger partial charge in [0.2, 0.25) is 0 Å². The van der Waals surface area contributed by atoms with Crippen LogP contribution in [0.2, 0.25) is 0 Å². The van der Waals surface area contributed by atoms with Crippen LogP contribution in [0.3, 0.4) is 0 Å². The van der Waals surface area contributed by atoms with Crippen molar-refractivity contribution in [2.24, 2.45) is 0 Å². The van der Waals surface area contributed by atoms with E-state index < -0.39 is 0 Å². The predicted octanol–water partition coefficient (Wildman–Crippen LogP) is -0.495. The van der Waals surface area contributed by atoms with Crippen LogP contribution in [-0.2, 0) is 0 Å². The highest BCUT2D eigenvalue weighted by molar-refractivity contribution is 4.50. The summed E-state index contributed by atoms with van der Waals surface area (Å²) < 4.78 is 0. The van der Waals surface area contributed by atoms with Gasteiger partial charge in [-0.3, -0.25) is 0 Å². The SMILES string of the molecule is [CH-]1CCC[NH2+]1. The quantitative estimate of drug-likeness (QED) is 0.371. The molecule has 0 radical (unpaired) electrons. The fraction of sp³-hybridized carbons (Fsp3) is 0.750. The number of hydrogen-bond acceptors (Lipinski definition) is 0. The monoisotopic (exact) mass is 71.1 g/mol. The van der Waals surface area contributed by atoms with E-state index in [2.05, 4.69) is 11.9 Å². The lowest BCUT2D eigenvalue weighted by Crippen LogP contribution is -2.77. The molecular weight excluding hydrogens is 62.1 g/mol. The highest BCUT2D eigenvalue weighted by Crippen LogP contribution is 1.87. The molecule has 1 aliphatic rings. The molecule has 1 fully saturated rings. The molecule has 0 aromatic heterocycles. The van der Waals surface area contributed by atoms with Crippen molar-refractivity contribution in [3.63, 3.8) is 0 Å². The topological polar surface area (TPSA) is 16.6 Å². The number of hydrogen-bond donors (Lipinski definition) is 1. The minimum atomic E-state index is 1.32. The first kappa shape index (κ1) is 3.16. The zero-order valence-electron chi connectivity index (χ0n) is 3.28. The fourth-order valence-electron chi connectivity index (χ4n) is 0.589. The Bertz CT molecular complexity index is 15.2. The summed E-state index contributed by atoms with van der Waals surface area (Å²) in [7, 11) is 0. The second-order valence-electron chi connectivity index (χ2n) is 1.40. The molecule has 0 amide bonds. The van der Waals surface area contributed by atoms with Gasteiger partial charge in [0.1, 0.15) is 0 Å². The van der Waals surface area contributed by atoms with Crippen molar-refractivity contribution >= 4 is 0 Å². The van der Waals surface area contributed by atoms with Crippen LogP contribution in [-0.4, -0.2) is 6.54 Å². The van der Waals surface area contributed by atoms with Gasteiger partial charge >= 0.3 is 0 Å². The average Bonchev–Trinajstić information content (AvgIpc) is 1.76. The van der Waals surface area contributed by atoms with Crippen LogP contribution in [0, 0.1) is 6.54 Å². The van der Waals surface area contributed by atoms with E-state index in [1.807, 2.05) is 0 Å². The Kier molecular flexibility index (Phi) is 0.892. The smallest absolute Gasteiger partial charge is 0.0494 e. The van der Waals surface area contributed by atoms with Crippen LogP contribution in [0.1, 0.15) is 12.8 Å². The minimum Gasteiger partial charge on any atom is -0.477 e. The first-order valence-corrected chi connectivity index (χ1v) is 2.15.